The number of ether oxygens (including phenoxy) is 1. The zero-order valence-corrected chi connectivity index (χ0v) is 19.0. The van der Waals surface area contributed by atoms with Crippen molar-refractivity contribution in [2.45, 2.75) is 20.8 Å². The molecule has 0 saturated carbocycles. The maximum atomic E-state index is 11.7. The van der Waals surface area contributed by atoms with Crippen LogP contribution in [-0.2, 0) is 4.74 Å². The average Bonchev–Trinajstić information content (AvgIpc) is 2.71. The Morgan fingerprint density at radius 1 is 1.34 bits per heavy atom. The second kappa shape index (κ2) is 10.2. The van der Waals surface area contributed by atoms with Crippen LogP contribution in [0, 0.1) is 11.8 Å². The van der Waals surface area contributed by atoms with E-state index in [9.17, 15) is 9.90 Å². The van der Waals surface area contributed by atoms with E-state index in [0.29, 0.717) is 47.8 Å². The van der Waals surface area contributed by atoms with Gasteiger partial charge < -0.3 is 25.8 Å². The van der Waals surface area contributed by atoms with Crippen molar-refractivity contribution in [3.8, 4) is 5.75 Å². The molecule has 4 N–H and O–H groups in total. The number of rotatable bonds is 7. The summed E-state index contributed by atoms with van der Waals surface area (Å²) in [5.41, 5.74) is 10.1. The Morgan fingerprint density at radius 3 is 2.75 bits per heavy atom. The standard InChI is InChI=1S/C25H32N4O3/c1-16(2)15-32-25(31)27-12-19-13-29(14-19)24(26)21-10-9-17(3)11-22(21)28-18(4)20-7-5-6-8-23(20)30/h5-11,16,19,30H,4,12-15,26H2,1-3H3,(H,27,31)/b24-21+,28-22-. The number of nitrogens with one attached hydrogen (secondary N) is 1. The maximum Gasteiger partial charge on any atom is 0.407 e. The molecule has 170 valence electrons. The molecule has 1 heterocycles. The molecular weight excluding hydrogens is 404 g/mol. The number of benzene rings is 1. The van der Waals surface area contributed by atoms with Crippen molar-refractivity contribution >= 4 is 17.5 Å². The van der Waals surface area contributed by atoms with E-state index in [1.807, 2.05) is 45.1 Å². The van der Waals surface area contributed by atoms with Crippen LogP contribution in [0.2, 0.25) is 0 Å². The van der Waals surface area contributed by atoms with Crippen LogP contribution in [0.1, 0.15) is 26.3 Å². The minimum Gasteiger partial charge on any atom is -0.507 e. The van der Waals surface area contributed by atoms with Crippen molar-refractivity contribution in [1.29, 1.82) is 0 Å². The van der Waals surface area contributed by atoms with Crippen LogP contribution in [0.25, 0.3) is 5.70 Å². The van der Waals surface area contributed by atoms with Crippen LogP contribution in [0.4, 0.5) is 4.79 Å². The molecule has 7 nitrogen and oxygen atoms in total. The van der Waals surface area contributed by atoms with Gasteiger partial charge in [0.2, 0.25) is 0 Å². The number of carbonyl (C=O) groups excluding carboxylic acids is 1. The molecule has 7 heteroatoms. The van der Waals surface area contributed by atoms with E-state index in [0.717, 1.165) is 24.2 Å². The molecular formula is C25H32N4O3. The highest BCUT2D eigenvalue weighted by Crippen LogP contribution is 2.28. The monoisotopic (exact) mass is 436 g/mol. The van der Waals surface area contributed by atoms with Gasteiger partial charge in [0.25, 0.3) is 0 Å². The van der Waals surface area contributed by atoms with Gasteiger partial charge in [-0.3, -0.25) is 0 Å². The largest absolute Gasteiger partial charge is 0.507 e. The molecule has 3 rings (SSSR count). The highest BCUT2D eigenvalue weighted by Gasteiger charge is 2.30. The summed E-state index contributed by atoms with van der Waals surface area (Å²) < 4.78 is 5.14. The number of phenols is 1. The summed E-state index contributed by atoms with van der Waals surface area (Å²) in [6.45, 7) is 12.5. The van der Waals surface area contributed by atoms with E-state index in [1.165, 1.54) is 0 Å². The van der Waals surface area contributed by atoms with E-state index < -0.39 is 0 Å². The molecule has 1 aromatic carbocycles. The summed E-state index contributed by atoms with van der Waals surface area (Å²) in [6.07, 6.45) is 5.53. The summed E-state index contributed by atoms with van der Waals surface area (Å²) in [4.78, 5) is 18.5. The SMILES string of the molecule is C=C(/N=C1/C=C(C)C=C/C1=C(/N)N1CC(CNC(=O)OCC(C)C)C1)c1ccccc1O. The molecule has 1 aliphatic carbocycles. The highest BCUT2D eigenvalue weighted by molar-refractivity contribution is 6.14. The molecule has 0 radical (unpaired) electrons. The molecule has 0 bridgehead atoms. The smallest absolute Gasteiger partial charge is 0.407 e. The first kappa shape index (κ1) is 23.2. The number of amides is 1. The van der Waals surface area contributed by atoms with Crippen molar-refractivity contribution in [1.82, 2.24) is 10.2 Å². The van der Waals surface area contributed by atoms with Crippen LogP contribution in [0.15, 0.2) is 71.0 Å². The predicted molar refractivity (Wildman–Crippen MR) is 128 cm³/mol. The minimum absolute atomic E-state index is 0.136. The maximum absolute atomic E-state index is 11.7. The third-order valence-electron chi connectivity index (χ3n) is 5.28. The number of carbonyl (C=O) groups is 1. The van der Waals surface area contributed by atoms with Crippen LogP contribution in [0.3, 0.4) is 0 Å². The van der Waals surface area contributed by atoms with E-state index in [1.54, 1.807) is 18.2 Å². The van der Waals surface area contributed by atoms with E-state index in [-0.39, 0.29) is 11.8 Å². The Labute approximate surface area is 189 Å². The zero-order chi connectivity index (χ0) is 23.3. The number of allylic oxidation sites excluding steroid dienone is 5. The van der Waals surface area contributed by atoms with Gasteiger partial charge in [-0.1, -0.05) is 38.6 Å². The number of nitrogens with zero attached hydrogens (tertiary/aromatic N) is 2. The molecule has 0 aromatic heterocycles. The predicted octanol–water partition coefficient (Wildman–Crippen LogP) is 3.80. The van der Waals surface area contributed by atoms with Gasteiger partial charge in [-0.2, -0.15) is 0 Å². The zero-order valence-electron chi connectivity index (χ0n) is 19.0. The number of para-hydroxylation sites is 1. The molecule has 1 aliphatic heterocycles. The van der Waals surface area contributed by atoms with Crippen LogP contribution in [-0.4, -0.2) is 48.1 Å². The molecule has 1 fully saturated rings. The Hall–Kier alpha value is -3.48. The third kappa shape index (κ3) is 5.81. The summed E-state index contributed by atoms with van der Waals surface area (Å²) in [7, 11) is 0. The Kier molecular flexibility index (Phi) is 7.41. The van der Waals surface area contributed by atoms with Gasteiger partial charge in [0.15, 0.2) is 0 Å². The number of phenolic OH excluding ortho intramolecular Hbond substituents is 1. The quantitative estimate of drug-likeness (QED) is 0.604. The normalized spacial score (nSPS) is 18.9. The van der Waals surface area contributed by atoms with Gasteiger partial charge in [0, 0.05) is 36.7 Å². The number of aliphatic imine (C=N–C) groups is 1. The van der Waals surface area contributed by atoms with Gasteiger partial charge in [-0.05, 0) is 42.7 Å². The number of hydrogen-bond acceptors (Lipinski definition) is 6. The first-order valence-electron chi connectivity index (χ1n) is 10.8. The lowest BCUT2D eigenvalue weighted by Gasteiger charge is -2.41. The van der Waals surface area contributed by atoms with Crippen LogP contribution >= 0.6 is 0 Å². The fourth-order valence-electron chi connectivity index (χ4n) is 3.46. The fourth-order valence-corrected chi connectivity index (χ4v) is 3.46. The Balaban J connectivity index is 1.65. The van der Waals surface area contributed by atoms with Crippen LogP contribution < -0.4 is 11.1 Å². The van der Waals surface area contributed by atoms with Gasteiger partial charge in [0.05, 0.1) is 18.0 Å². The lowest BCUT2D eigenvalue weighted by atomic mass is 9.96. The molecule has 32 heavy (non-hydrogen) atoms. The summed E-state index contributed by atoms with van der Waals surface area (Å²) >= 11 is 0. The van der Waals surface area contributed by atoms with Crippen molar-refractivity contribution in [3.63, 3.8) is 0 Å². The molecule has 1 saturated heterocycles. The van der Waals surface area contributed by atoms with Gasteiger partial charge in [-0.15, -0.1) is 0 Å². The third-order valence-corrected chi connectivity index (χ3v) is 5.28. The fraction of sp³-hybridized carbons (Fsp3) is 0.360. The van der Waals surface area contributed by atoms with Crippen molar-refractivity contribution in [2.24, 2.45) is 22.6 Å². The highest BCUT2D eigenvalue weighted by atomic mass is 16.5. The Bertz CT molecular complexity index is 998. The molecule has 1 aromatic rings. The lowest BCUT2D eigenvalue weighted by molar-refractivity contribution is 0.114. The lowest BCUT2D eigenvalue weighted by Crippen LogP contribution is -2.52. The van der Waals surface area contributed by atoms with Gasteiger partial charge in [0.1, 0.15) is 11.6 Å². The van der Waals surface area contributed by atoms with Crippen LogP contribution in [0.5, 0.6) is 5.75 Å². The number of likely N-dealkylation sites (tertiary alicyclic amines) is 1. The number of nitrogens with two attached hydrogens (primary N) is 1. The first-order chi connectivity index (χ1) is 15.2. The molecule has 0 atom stereocenters. The average molecular weight is 437 g/mol. The van der Waals surface area contributed by atoms with E-state index in [2.05, 4.69) is 21.8 Å². The van der Waals surface area contributed by atoms with Gasteiger partial charge >= 0.3 is 6.09 Å². The van der Waals surface area contributed by atoms with Crippen molar-refractivity contribution in [3.05, 3.63) is 71.6 Å². The van der Waals surface area contributed by atoms with Crippen molar-refractivity contribution in [2.75, 3.05) is 26.2 Å². The number of alkyl carbamates (subject to hydrolysis) is 1. The summed E-state index contributed by atoms with van der Waals surface area (Å²) in [5, 5.41) is 12.9. The molecule has 1 amide bonds. The minimum atomic E-state index is -0.378. The number of hydrogen-bond donors (Lipinski definition) is 3. The summed E-state index contributed by atoms with van der Waals surface area (Å²) in [6, 6.07) is 6.98. The molecule has 0 spiro atoms. The second-order valence-corrected chi connectivity index (χ2v) is 8.63. The van der Waals surface area contributed by atoms with Crippen molar-refractivity contribution < 1.29 is 14.6 Å². The molecule has 2 aliphatic rings. The number of aromatic hydroxyl groups is 1. The van der Waals surface area contributed by atoms with Gasteiger partial charge in [-0.25, -0.2) is 9.79 Å². The Morgan fingerprint density at radius 2 is 2.06 bits per heavy atom. The van der Waals surface area contributed by atoms with E-state index in [4.69, 9.17) is 10.5 Å². The first-order valence-corrected chi connectivity index (χ1v) is 10.8. The second-order valence-electron chi connectivity index (χ2n) is 8.63. The van der Waals surface area contributed by atoms with E-state index >= 15 is 0 Å². The molecule has 0 unspecified atom stereocenters. The summed E-state index contributed by atoms with van der Waals surface area (Å²) in [5.74, 6) is 1.39. The topological polar surface area (TPSA) is 100 Å².